The number of aliphatic carboxylic acids is 1. The predicted molar refractivity (Wildman–Crippen MR) is 64.6 cm³/mol. The average Bonchev–Trinajstić information content (AvgIpc) is 2.30. The minimum atomic E-state index is -1.66. The molecule has 0 fully saturated rings. The Morgan fingerprint density at radius 1 is 1.41 bits per heavy atom. The fourth-order valence-corrected chi connectivity index (χ4v) is 1.96. The highest BCUT2D eigenvalue weighted by atomic mass is 79.9. The third-order valence-electron chi connectivity index (χ3n) is 2.42. The number of hydrogen-bond donors (Lipinski definition) is 2. The lowest BCUT2D eigenvalue weighted by atomic mass is 10.0. The van der Waals surface area contributed by atoms with Gasteiger partial charge in [-0.05, 0) is 18.6 Å². The first-order chi connectivity index (χ1) is 7.93. The maximum absolute atomic E-state index is 10.9. The van der Waals surface area contributed by atoms with Crippen LogP contribution in [0, 0.1) is 6.92 Å². The molecule has 0 spiro atoms. The zero-order valence-corrected chi connectivity index (χ0v) is 11.2. The van der Waals surface area contributed by atoms with Gasteiger partial charge in [0.2, 0.25) is 0 Å². The van der Waals surface area contributed by atoms with Crippen molar-refractivity contribution in [1.82, 2.24) is 0 Å². The van der Waals surface area contributed by atoms with Crippen molar-refractivity contribution >= 4 is 21.9 Å². The lowest BCUT2D eigenvalue weighted by molar-refractivity contribution is -0.147. The van der Waals surface area contributed by atoms with Crippen molar-refractivity contribution in [3.8, 4) is 11.5 Å². The number of benzene rings is 1. The van der Waals surface area contributed by atoms with E-state index >= 15 is 0 Å². The van der Waals surface area contributed by atoms with Crippen LogP contribution in [-0.4, -0.2) is 30.4 Å². The topological polar surface area (TPSA) is 76.0 Å². The van der Waals surface area contributed by atoms with E-state index in [1.165, 1.54) is 14.2 Å². The van der Waals surface area contributed by atoms with E-state index in [1.54, 1.807) is 13.0 Å². The summed E-state index contributed by atoms with van der Waals surface area (Å²) in [6.45, 7) is 1.69. The standard InChI is InChI=1S/C11H13BrO5/c1-5-6(12)4-7(16-2)10(17-3)8(5)9(13)11(14)15/h4,9,13H,1-3H3,(H,14,15). The van der Waals surface area contributed by atoms with E-state index in [1.807, 2.05) is 0 Å². The van der Waals surface area contributed by atoms with Crippen LogP contribution in [0.15, 0.2) is 10.5 Å². The Morgan fingerprint density at radius 2 is 2.00 bits per heavy atom. The number of hydrogen-bond acceptors (Lipinski definition) is 4. The highest BCUT2D eigenvalue weighted by molar-refractivity contribution is 9.10. The molecule has 0 aliphatic carbocycles. The van der Waals surface area contributed by atoms with Crippen molar-refractivity contribution < 1.29 is 24.5 Å². The molecule has 0 heterocycles. The van der Waals surface area contributed by atoms with Crippen molar-refractivity contribution in [2.75, 3.05) is 14.2 Å². The summed E-state index contributed by atoms with van der Waals surface area (Å²) in [5.74, 6) is -0.755. The highest BCUT2D eigenvalue weighted by Gasteiger charge is 2.26. The maximum Gasteiger partial charge on any atom is 0.337 e. The summed E-state index contributed by atoms with van der Waals surface area (Å²) in [7, 11) is 2.83. The molecule has 94 valence electrons. The second-order valence-electron chi connectivity index (χ2n) is 3.37. The number of carboxylic acid groups (broad SMARTS) is 1. The molecule has 0 bridgehead atoms. The highest BCUT2D eigenvalue weighted by Crippen LogP contribution is 2.41. The molecule has 0 amide bonds. The lowest BCUT2D eigenvalue weighted by Gasteiger charge is -2.18. The molecule has 6 heteroatoms. The van der Waals surface area contributed by atoms with Gasteiger partial charge in [-0.15, -0.1) is 0 Å². The smallest absolute Gasteiger partial charge is 0.337 e. The maximum atomic E-state index is 10.9. The summed E-state index contributed by atoms with van der Waals surface area (Å²) in [5, 5.41) is 18.6. The van der Waals surface area contributed by atoms with Gasteiger partial charge in [-0.25, -0.2) is 4.79 Å². The first kappa shape index (κ1) is 13.8. The Morgan fingerprint density at radius 3 is 2.41 bits per heavy atom. The molecule has 0 aliphatic heterocycles. The second kappa shape index (κ2) is 5.37. The molecule has 1 unspecified atom stereocenters. The molecule has 1 aromatic rings. The molecular weight excluding hydrogens is 292 g/mol. The third kappa shape index (κ3) is 2.53. The van der Waals surface area contributed by atoms with Gasteiger partial charge in [0.05, 0.1) is 14.2 Å². The van der Waals surface area contributed by atoms with Gasteiger partial charge in [-0.1, -0.05) is 15.9 Å². The van der Waals surface area contributed by atoms with E-state index in [9.17, 15) is 9.90 Å². The molecule has 0 saturated heterocycles. The Balaban J connectivity index is 3.53. The van der Waals surface area contributed by atoms with Crippen LogP contribution in [0.1, 0.15) is 17.2 Å². The van der Waals surface area contributed by atoms with Crippen LogP contribution in [-0.2, 0) is 4.79 Å². The summed E-state index contributed by atoms with van der Waals surface area (Å²) >= 11 is 3.28. The number of rotatable bonds is 4. The van der Waals surface area contributed by atoms with Gasteiger partial charge in [0.1, 0.15) is 0 Å². The monoisotopic (exact) mass is 304 g/mol. The number of aliphatic hydroxyl groups is 1. The molecule has 17 heavy (non-hydrogen) atoms. The fourth-order valence-electron chi connectivity index (χ4n) is 1.54. The first-order valence-corrected chi connectivity index (χ1v) is 5.55. The number of halogens is 1. The van der Waals surface area contributed by atoms with Gasteiger partial charge in [0.15, 0.2) is 17.6 Å². The minimum Gasteiger partial charge on any atom is -0.493 e. The van der Waals surface area contributed by atoms with E-state index in [-0.39, 0.29) is 11.3 Å². The quantitative estimate of drug-likeness (QED) is 0.888. The normalized spacial score (nSPS) is 12.1. The van der Waals surface area contributed by atoms with E-state index < -0.39 is 12.1 Å². The molecule has 1 aromatic carbocycles. The summed E-state index contributed by atoms with van der Waals surface area (Å²) in [5.41, 5.74) is 0.781. The van der Waals surface area contributed by atoms with Gasteiger partial charge in [-0.2, -0.15) is 0 Å². The van der Waals surface area contributed by atoms with Crippen LogP contribution in [0.25, 0.3) is 0 Å². The van der Waals surface area contributed by atoms with Gasteiger partial charge < -0.3 is 19.7 Å². The number of aliphatic hydroxyl groups excluding tert-OH is 1. The Bertz CT molecular complexity index is 444. The summed E-state index contributed by atoms with van der Waals surface area (Å²) in [6.07, 6.45) is -1.66. The van der Waals surface area contributed by atoms with Crippen LogP contribution >= 0.6 is 15.9 Å². The Labute approximate surface area is 107 Å². The molecule has 0 aliphatic rings. The zero-order chi connectivity index (χ0) is 13.2. The van der Waals surface area contributed by atoms with Crippen molar-refractivity contribution in [2.24, 2.45) is 0 Å². The Kier molecular flexibility index (Phi) is 4.36. The summed E-state index contributed by atoms with van der Waals surface area (Å²) in [6, 6.07) is 1.66. The lowest BCUT2D eigenvalue weighted by Crippen LogP contribution is -2.14. The fraction of sp³-hybridized carbons (Fsp3) is 0.364. The molecule has 0 aromatic heterocycles. The van der Waals surface area contributed by atoms with Gasteiger partial charge >= 0.3 is 5.97 Å². The number of ether oxygens (including phenoxy) is 2. The number of carboxylic acids is 1. The molecule has 0 radical (unpaired) electrons. The van der Waals surface area contributed by atoms with Crippen molar-refractivity contribution in [1.29, 1.82) is 0 Å². The first-order valence-electron chi connectivity index (χ1n) is 4.75. The number of carbonyl (C=O) groups is 1. The third-order valence-corrected chi connectivity index (χ3v) is 3.24. The zero-order valence-electron chi connectivity index (χ0n) is 9.65. The van der Waals surface area contributed by atoms with Gasteiger partial charge in [0.25, 0.3) is 0 Å². The largest absolute Gasteiger partial charge is 0.493 e. The predicted octanol–water partition coefficient (Wildman–Crippen LogP) is 1.89. The second-order valence-corrected chi connectivity index (χ2v) is 4.23. The average molecular weight is 305 g/mol. The molecule has 0 saturated carbocycles. The van der Waals surface area contributed by atoms with Crippen molar-refractivity contribution in [3.05, 3.63) is 21.7 Å². The van der Waals surface area contributed by atoms with Gasteiger partial charge in [-0.3, -0.25) is 0 Å². The van der Waals surface area contributed by atoms with E-state index in [0.717, 1.165) is 0 Å². The van der Waals surface area contributed by atoms with Crippen LogP contribution in [0.5, 0.6) is 11.5 Å². The molecule has 5 nitrogen and oxygen atoms in total. The summed E-state index contributed by atoms with van der Waals surface area (Å²) in [4.78, 5) is 10.9. The molecular formula is C11H13BrO5. The van der Waals surface area contributed by atoms with Crippen molar-refractivity contribution in [2.45, 2.75) is 13.0 Å². The SMILES string of the molecule is COc1cc(Br)c(C)c(C(O)C(=O)O)c1OC. The van der Waals surface area contributed by atoms with Crippen LogP contribution in [0.4, 0.5) is 0 Å². The van der Waals surface area contributed by atoms with Crippen LogP contribution < -0.4 is 9.47 Å². The van der Waals surface area contributed by atoms with Crippen LogP contribution in [0.2, 0.25) is 0 Å². The molecule has 1 atom stereocenters. The van der Waals surface area contributed by atoms with E-state index in [4.69, 9.17) is 14.6 Å². The minimum absolute atomic E-state index is 0.186. The molecule has 2 N–H and O–H groups in total. The van der Waals surface area contributed by atoms with E-state index in [0.29, 0.717) is 15.8 Å². The number of methoxy groups -OCH3 is 2. The van der Waals surface area contributed by atoms with Gasteiger partial charge in [0, 0.05) is 10.0 Å². The van der Waals surface area contributed by atoms with Crippen molar-refractivity contribution in [3.63, 3.8) is 0 Å². The van der Waals surface area contributed by atoms with E-state index in [2.05, 4.69) is 15.9 Å². The van der Waals surface area contributed by atoms with Crippen LogP contribution in [0.3, 0.4) is 0 Å². The summed E-state index contributed by atoms with van der Waals surface area (Å²) < 4.78 is 10.8. The molecule has 1 rings (SSSR count). The Hall–Kier alpha value is -1.27.